The van der Waals surface area contributed by atoms with Gasteiger partial charge in [0.1, 0.15) is 0 Å². The molecule has 0 aliphatic carbocycles. The van der Waals surface area contributed by atoms with Crippen molar-refractivity contribution < 1.29 is 0 Å². The van der Waals surface area contributed by atoms with Crippen molar-refractivity contribution in [2.45, 2.75) is 39.7 Å². The monoisotopic (exact) mass is 167 g/mol. The van der Waals surface area contributed by atoms with E-state index in [0.29, 0.717) is 6.04 Å². The van der Waals surface area contributed by atoms with Crippen molar-refractivity contribution in [1.29, 1.82) is 0 Å². The number of rotatable bonds is 6. The predicted molar refractivity (Wildman–Crippen MR) is 56.1 cm³/mol. The zero-order valence-corrected chi connectivity index (χ0v) is 8.64. The van der Waals surface area contributed by atoms with Crippen molar-refractivity contribution in [1.82, 2.24) is 4.90 Å². The highest BCUT2D eigenvalue weighted by atomic mass is 15.2. The minimum absolute atomic E-state index is 0.579. The third-order valence-corrected chi connectivity index (χ3v) is 2.19. The molecule has 0 bridgehead atoms. The van der Waals surface area contributed by atoms with Crippen LogP contribution in [0, 0.1) is 0 Å². The fourth-order valence-corrected chi connectivity index (χ4v) is 1.23. The average Bonchev–Trinajstić information content (AvgIpc) is 2.11. The standard InChI is InChI=1S/C11H21N/c1-6-9-12(10(4)7-2)11(5)8-3/h7,11H,2,4,6,8-9H2,1,3,5H3. The summed E-state index contributed by atoms with van der Waals surface area (Å²) in [5, 5.41) is 0. The highest BCUT2D eigenvalue weighted by Gasteiger charge is 2.09. The normalized spacial score (nSPS) is 12.2. The van der Waals surface area contributed by atoms with Crippen LogP contribution in [0.3, 0.4) is 0 Å². The molecule has 0 aliphatic heterocycles. The molecule has 0 rings (SSSR count). The van der Waals surface area contributed by atoms with E-state index in [2.05, 4.69) is 38.8 Å². The summed E-state index contributed by atoms with van der Waals surface area (Å²) in [7, 11) is 0. The van der Waals surface area contributed by atoms with Gasteiger partial charge in [0, 0.05) is 18.3 Å². The molecule has 1 atom stereocenters. The van der Waals surface area contributed by atoms with E-state index in [0.717, 1.165) is 25.1 Å². The van der Waals surface area contributed by atoms with E-state index in [4.69, 9.17) is 0 Å². The van der Waals surface area contributed by atoms with Crippen molar-refractivity contribution in [3.8, 4) is 0 Å². The van der Waals surface area contributed by atoms with Gasteiger partial charge in [-0.15, -0.1) is 0 Å². The summed E-state index contributed by atoms with van der Waals surface area (Å²) in [5.41, 5.74) is 1.05. The molecule has 0 aromatic carbocycles. The van der Waals surface area contributed by atoms with Crippen LogP contribution in [0.1, 0.15) is 33.6 Å². The van der Waals surface area contributed by atoms with Gasteiger partial charge in [-0.1, -0.05) is 27.0 Å². The summed E-state index contributed by atoms with van der Waals surface area (Å²) >= 11 is 0. The molecular weight excluding hydrogens is 146 g/mol. The fourth-order valence-electron chi connectivity index (χ4n) is 1.23. The Morgan fingerprint density at radius 3 is 2.42 bits per heavy atom. The molecule has 0 aromatic rings. The Morgan fingerprint density at radius 1 is 1.50 bits per heavy atom. The highest BCUT2D eigenvalue weighted by Crippen LogP contribution is 2.11. The number of hydrogen-bond donors (Lipinski definition) is 0. The largest absolute Gasteiger partial charge is 0.369 e. The van der Waals surface area contributed by atoms with Gasteiger partial charge >= 0.3 is 0 Å². The second kappa shape index (κ2) is 5.87. The lowest BCUT2D eigenvalue weighted by atomic mass is 10.2. The van der Waals surface area contributed by atoms with Crippen LogP contribution in [0.2, 0.25) is 0 Å². The molecule has 0 saturated carbocycles. The van der Waals surface area contributed by atoms with Crippen LogP contribution in [0.5, 0.6) is 0 Å². The van der Waals surface area contributed by atoms with Crippen LogP contribution in [-0.2, 0) is 0 Å². The summed E-state index contributed by atoms with van der Waals surface area (Å²) in [5.74, 6) is 0. The smallest absolute Gasteiger partial charge is 0.0289 e. The van der Waals surface area contributed by atoms with E-state index in [1.165, 1.54) is 0 Å². The molecule has 0 N–H and O–H groups in total. The van der Waals surface area contributed by atoms with Crippen LogP contribution in [0.4, 0.5) is 0 Å². The fraction of sp³-hybridized carbons (Fsp3) is 0.636. The minimum atomic E-state index is 0.579. The predicted octanol–water partition coefficient (Wildman–Crippen LogP) is 3.20. The van der Waals surface area contributed by atoms with Crippen LogP contribution in [-0.4, -0.2) is 17.5 Å². The first-order chi connectivity index (χ1) is 5.67. The maximum absolute atomic E-state index is 3.97. The van der Waals surface area contributed by atoms with Gasteiger partial charge in [-0.3, -0.25) is 0 Å². The molecular formula is C11H21N. The minimum Gasteiger partial charge on any atom is -0.369 e. The first-order valence-electron chi connectivity index (χ1n) is 4.75. The first kappa shape index (κ1) is 11.3. The van der Waals surface area contributed by atoms with E-state index < -0.39 is 0 Å². The van der Waals surface area contributed by atoms with Crippen molar-refractivity contribution in [3.05, 3.63) is 24.9 Å². The molecule has 70 valence electrons. The zero-order chi connectivity index (χ0) is 9.56. The second-order valence-electron chi connectivity index (χ2n) is 3.15. The Labute approximate surface area is 76.8 Å². The summed E-state index contributed by atoms with van der Waals surface area (Å²) in [6.45, 7) is 15.4. The maximum Gasteiger partial charge on any atom is 0.0289 e. The van der Waals surface area contributed by atoms with Crippen molar-refractivity contribution in [2.24, 2.45) is 0 Å². The number of nitrogens with zero attached hydrogens (tertiary/aromatic N) is 1. The number of allylic oxidation sites excluding steroid dienone is 1. The van der Waals surface area contributed by atoms with Crippen LogP contribution in [0.15, 0.2) is 24.9 Å². The molecule has 0 radical (unpaired) electrons. The lowest BCUT2D eigenvalue weighted by molar-refractivity contribution is 0.271. The molecule has 0 saturated heterocycles. The van der Waals surface area contributed by atoms with Gasteiger partial charge in [0.2, 0.25) is 0 Å². The van der Waals surface area contributed by atoms with Gasteiger partial charge in [-0.2, -0.15) is 0 Å². The quantitative estimate of drug-likeness (QED) is 0.549. The van der Waals surface area contributed by atoms with Gasteiger partial charge in [0.25, 0.3) is 0 Å². The summed E-state index contributed by atoms with van der Waals surface area (Å²) < 4.78 is 0. The first-order valence-corrected chi connectivity index (χ1v) is 4.75. The Morgan fingerprint density at radius 2 is 2.08 bits per heavy atom. The maximum atomic E-state index is 3.97. The second-order valence-corrected chi connectivity index (χ2v) is 3.15. The zero-order valence-electron chi connectivity index (χ0n) is 8.64. The molecule has 0 fully saturated rings. The topological polar surface area (TPSA) is 3.24 Å². The van der Waals surface area contributed by atoms with E-state index >= 15 is 0 Å². The van der Waals surface area contributed by atoms with Crippen molar-refractivity contribution in [3.63, 3.8) is 0 Å². The lowest BCUT2D eigenvalue weighted by Gasteiger charge is -2.30. The van der Waals surface area contributed by atoms with Gasteiger partial charge in [-0.25, -0.2) is 0 Å². The van der Waals surface area contributed by atoms with Gasteiger partial charge in [0.05, 0.1) is 0 Å². The molecule has 0 amide bonds. The van der Waals surface area contributed by atoms with Gasteiger partial charge in [-0.05, 0) is 25.8 Å². The van der Waals surface area contributed by atoms with E-state index in [9.17, 15) is 0 Å². The lowest BCUT2D eigenvalue weighted by Crippen LogP contribution is -2.31. The molecule has 0 aromatic heterocycles. The molecule has 0 spiro atoms. The third kappa shape index (κ3) is 3.12. The number of hydrogen-bond acceptors (Lipinski definition) is 1. The molecule has 1 nitrogen and oxygen atoms in total. The van der Waals surface area contributed by atoms with Crippen LogP contribution >= 0.6 is 0 Å². The van der Waals surface area contributed by atoms with Gasteiger partial charge < -0.3 is 4.90 Å². The summed E-state index contributed by atoms with van der Waals surface area (Å²) in [4.78, 5) is 2.31. The Balaban J connectivity index is 4.20. The van der Waals surface area contributed by atoms with Crippen LogP contribution in [0.25, 0.3) is 0 Å². The summed E-state index contributed by atoms with van der Waals surface area (Å²) in [6.07, 6.45) is 4.16. The highest BCUT2D eigenvalue weighted by molar-refractivity contribution is 5.10. The molecule has 0 heterocycles. The SMILES string of the molecule is C=CC(=C)N(CCC)C(C)CC. The Bertz CT molecular complexity index is 149. The molecule has 0 aliphatic rings. The Hall–Kier alpha value is -0.720. The van der Waals surface area contributed by atoms with Crippen molar-refractivity contribution >= 4 is 0 Å². The van der Waals surface area contributed by atoms with Crippen LogP contribution < -0.4 is 0 Å². The van der Waals surface area contributed by atoms with Crippen molar-refractivity contribution in [2.75, 3.05) is 6.54 Å². The van der Waals surface area contributed by atoms with E-state index in [1.54, 1.807) is 0 Å². The molecule has 12 heavy (non-hydrogen) atoms. The van der Waals surface area contributed by atoms with E-state index in [-0.39, 0.29) is 0 Å². The summed E-state index contributed by atoms with van der Waals surface area (Å²) in [6, 6.07) is 0.579. The van der Waals surface area contributed by atoms with E-state index in [1.807, 2.05) is 6.08 Å². The average molecular weight is 167 g/mol. The molecule has 1 unspecified atom stereocenters. The van der Waals surface area contributed by atoms with Gasteiger partial charge in [0.15, 0.2) is 0 Å². The third-order valence-electron chi connectivity index (χ3n) is 2.19. The Kier molecular flexibility index (Phi) is 5.52. The molecule has 1 heteroatoms.